The van der Waals surface area contributed by atoms with E-state index in [1.807, 2.05) is 19.2 Å². The van der Waals surface area contributed by atoms with Crippen molar-refractivity contribution in [2.75, 3.05) is 7.05 Å². The van der Waals surface area contributed by atoms with Crippen molar-refractivity contribution < 1.29 is 4.42 Å². The van der Waals surface area contributed by atoms with Crippen molar-refractivity contribution in [2.24, 2.45) is 0 Å². The van der Waals surface area contributed by atoms with E-state index in [1.165, 1.54) is 30.4 Å². The van der Waals surface area contributed by atoms with Gasteiger partial charge in [0.1, 0.15) is 5.76 Å². The Balaban J connectivity index is 1.80. The Kier molecular flexibility index (Phi) is 4.13. The summed E-state index contributed by atoms with van der Waals surface area (Å²) in [4.78, 5) is 0. The molecule has 3 rings (SSSR count). The highest BCUT2D eigenvalue weighted by Gasteiger charge is 2.24. The molecule has 0 saturated carbocycles. The van der Waals surface area contributed by atoms with E-state index < -0.39 is 0 Å². The maximum atomic E-state index is 5.89. The van der Waals surface area contributed by atoms with Crippen LogP contribution in [0.1, 0.15) is 48.1 Å². The Morgan fingerprint density at radius 1 is 1.30 bits per heavy atom. The smallest absolute Gasteiger partial charge is 0.193 e. The number of fused-ring (bicyclic) bond motifs is 1. The summed E-state index contributed by atoms with van der Waals surface area (Å²) in [5, 5.41) is 3.82. The van der Waals surface area contributed by atoms with Crippen molar-refractivity contribution in [1.82, 2.24) is 5.32 Å². The lowest BCUT2D eigenvalue weighted by molar-refractivity contribution is 0.376. The summed E-state index contributed by atoms with van der Waals surface area (Å²) in [6.07, 6.45) is 4.79. The fourth-order valence-corrected chi connectivity index (χ4v) is 3.43. The zero-order valence-electron chi connectivity index (χ0n) is 11.7. The van der Waals surface area contributed by atoms with Crippen LogP contribution in [0.4, 0.5) is 0 Å². The molecule has 2 aromatic rings. The number of aryl methyl sites for hydroxylation is 1. The van der Waals surface area contributed by atoms with Gasteiger partial charge in [0.2, 0.25) is 0 Å². The van der Waals surface area contributed by atoms with Gasteiger partial charge in [-0.25, -0.2) is 0 Å². The van der Waals surface area contributed by atoms with Crippen LogP contribution >= 0.6 is 11.6 Å². The molecule has 0 amide bonds. The van der Waals surface area contributed by atoms with Crippen LogP contribution in [-0.2, 0) is 6.42 Å². The molecule has 0 aliphatic heterocycles. The fourth-order valence-electron chi connectivity index (χ4n) is 3.28. The molecule has 3 heteroatoms. The first-order chi connectivity index (χ1) is 9.78. The van der Waals surface area contributed by atoms with Gasteiger partial charge >= 0.3 is 0 Å². The SMILES string of the molecule is CNC(CC1CCCc2ccccc21)c1ccc(Cl)o1. The van der Waals surface area contributed by atoms with Gasteiger partial charge in [0, 0.05) is 0 Å². The summed E-state index contributed by atoms with van der Waals surface area (Å²) < 4.78 is 5.57. The van der Waals surface area contributed by atoms with Crippen LogP contribution in [-0.4, -0.2) is 7.05 Å². The molecule has 0 fully saturated rings. The lowest BCUT2D eigenvalue weighted by atomic mass is 9.79. The molecule has 1 N–H and O–H groups in total. The Morgan fingerprint density at radius 3 is 2.90 bits per heavy atom. The van der Waals surface area contributed by atoms with E-state index in [0.717, 1.165) is 12.2 Å². The second-order valence-electron chi connectivity index (χ2n) is 5.51. The third-order valence-electron chi connectivity index (χ3n) is 4.30. The van der Waals surface area contributed by atoms with Crippen LogP contribution in [0, 0.1) is 0 Å². The van der Waals surface area contributed by atoms with Crippen LogP contribution in [0.5, 0.6) is 0 Å². The van der Waals surface area contributed by atoms with E-state index in [2.05, 4.69) is 29.6 Å². The highest BCUT2D eigenvalue weighted by molar-refractivity contribution is 6.28. The van der Waals surface area contributed by atoms with E-state index in [1.54, 1.807) is 0 Å². The molecule has 106 valence electrons. The molecule has 2 unspecified atom stereocenters. The minimum absolute atomic E-state index is 0.221. The highest BCUT2D eigenvalue weighted by atomic mass is 35.5. The van der Waals surface area contributed by atoms with Gasteiger partial charge in [-0.2, -0.15) is 0 Å². The monoisotopic (exact) mass is 289 g/mol. The Hall–Kier alpha value is -1.25. The molecule has 1 aromatic heterocycles. The number of hydrogen-bond acceptors (Lipinski definition) is 2. The molecule has 0 bridgehead atoms. The molecule has 1 aliphatic carbocycles. The van der Waals surface area contributed by atoms with Crippen LogP contribution in [0.3, 0.4) is 0 Å². The van der Waals surface area contributed by atoms with E-state index in [-0.39, 0.29) is 6.04 Å². The average Bonchev–Trinajstić information content (AvgIpc) is 2.91. The van der Waals surface area contributed by atoms with E-state index in [0.29, 0.717) is 11.1 Å². The number of nitrogens with one attached hydrogen (secondary N) is 1. The van der Waals surface area contributed by atoms with Crippen molar-refractivity contribution in [1.29, 1.82) is 0 Å². The molecule has 20 heavy (non-hydrogen) atoms. The normalized spacial score (nSPS) is 19.6. The Morgan fingerprint density at radius 2 is 2.15 bits per heavy atom. The molecular formula is C17H20ClNO. The van der Waals surface area contributed by atoms with Gasteiger partial charge in [-0.15, -0.1) is 0 Å². The Bertz CT molecular complexity index is 578. The van der Waals surface area contributed by atoms with Gasteiger partial charge in [0.25, 0.3) is 0 Å². The second kappa shape index (κ2) is 6.02. The topological polar surface area (TPSA) is 25.2 Å². The summed E-state index contributed by atoms with van der Waals surface area (Å²) in [5.41, 5.74) is 3.02. The molecule has 0 saturated heterocycles. The van der Waals surface area contributed by atoms with Gasteiger partial charge in [-0.3, -0.25) is 0 Å². The third kappa shape index (κ3) is 2.77. The third-order valence-corrected chi connectivity index (χ3v) is 4.50. The van der Waals surface area contributed by atoms with Crippen LogP contribution in [0.2, 0.25) is 5.22 Å². The van der Waals surface area contributed by atoms with Gasteiger partial charge < -0.3 is 9.73 Å². The molecule has 1 heterocycles. The van der Waals surface area contributed by atoms with Crippen molar-refractivity contribution >= 4 is 11.6 Å². The lowest BCUT2D eigenvalue weighted by Gasteiger charge is -2.28. The highest BCUT2D eigenvalue weighted by Crippen LogP contribution is 2.38. The Labute approximate surface area is 125 Å². The van der Waals surface area contributed by atoms with Crippen LogP contribution in [0.15, 0.2) is 40.8 Å². The fraction of sp³-hybridized carbons (Fsp3) is 0.412. The standard InChI is InChI=1S/C17H20ClNO/c1-19-15(16-9-10-17(18)20-16)11-13-7-4-6-12-5-2-3-8-14(12)13/h2-3,5,8-10,13,15,19H,4,6-7,11H2,1H3. The quantitative estimate of drug-likeness (QED) is 0.882. The minimum atomic E-state index is 0.221. The first kappa shape index (κ1) is 13.7. The molecule has 2 atom stereocenters. The summed E-state index contributed by atoms with van der Waals surface area (Å²) in [6, 6.07) is 12.8. The van der Waals surface area contributed by atoms with Crippen LogP contribution in [0.25, 0.3) is 0 Å². The van der Waals surface area contributed by atoms with Crippen molar-refractivity contribution in [2.45, 2.75) is 37.6 Å². The molecule has 0 spiro atoms. The summed E-state index contributed by atoms with van der Waals surface area (Å²) in [7, 11) is 1.98. The number of benzene rings is 1. The molecule has 1 aromatic carbocycles. The van der Waals surface area contributed by atoms with E-state index in [4.69, 9.17) is 16.0 Å². The molecule has 0 radical (unpaired) electrons. The van der Waals surface area contributed by atoms with Crippen LogP contribution < -0.4 is 5.32 Å². The lowest BCUT2D eigenvalue weighted by Crippen LogP contribution is -2.21. The number of furan rings is 1. The van der Waals surface area contributed by atoms with Gasteiger partial charge in [0.05, 0.1) is 6.04 Å². The predicted molar refractivity (Wildman–Crippen MR) is 82.3 cm³/mol. The maximum absolute atomic E-state index is 5.89. The second-order valence-corrected chi connectivity index (χ2v) is 5.88. The van der Waals surface area contributed by atoms with E-state index in [9.17, 15) is 0 Å². The average molecular weight is 290 g/mol. The predicted octanol–water partition coefficient (Wildman–Crippen LogP) is 4.70. The largest absolute Gasteiger partial charge is 0.448 e. The first-order valence-electron chi connectivity index (χ1n) is 7.28. The van der Waals surface area contributed by atoms with Gasteiger partial charge in [-0.05, 0) is 73.5 Å². The number of rotatable bonds is 4. The summed E-state index contributed by atoms with van der Waals surface area (Å²) >= 11 is 5.89. The van der Waals surface area contributed by atoms with Gasteiger partial charge in [-0.1, -0.05) is 24.3 Å². The zero-order chi connectivity index (χ0) is 13.9. The molecular weight excluding hydrogens is 270 g/mol. The van der Waals surface area contributed by atoms with Crippen molar-refractivity contribution in [3.8, 4) is 0 Å². The minimum Gasteiger partial charge on any atom is -0.448 e. The van der Waals surface area contributed by atoms with Crippen molar-refractivity contribution in [3.63, 3.8) is 0 Å². The summed E-state index contributed by atoms with van der Waals surface area (Å²) in [6.45, 7) is 0. The molecule has 2 nitrogen and oxygen atoms in total. The van der Waals surface area contributed by atoms with Gasteiger partial charge in [0.15, 0.2) is 5.22 Å². The maximum Gasteiger partial charge on any atom is 0.193 e. The zero-order valence-corrected chi connectivity index (χ0v) is 12.5. The van der Waals surface area contributed by atoms with E-state index >= 15 is 0 Å². The number of hydrogen-bond donors (Lipinski definition) is 1. The number of halogens is 1. The first-order valence-corrected chi connectivity index (χ1v) is 7.66. The molecule has 1 aliphatic rings. The van der Waals surface area contributed by atoms with Crippen molar-refractivity contribution in [3.05, 3.63) is 58.5 Å². The summed E-state index contributed by atoms with van der Waals surface area (Å²) in [5.74, 6) is 1.53.